The first-order valence-electron chi connectivity index (χ1n) is 5.75. The first kappa shape index (κ1) is 15.7. The molecule has 1 aromatic carbocycles. The quantitative estimate of drug-likeness (QED) is 0.878. The molecule has 0 bridgehead atoms. The van der Waals surface area contributed by atoms with Crippen LogP contribution in [0.15, 0.2) is 35.4 Å². The number of aromatic nitrogens is 1. The number of fused-ring (bicyclic) bond motifs is 1. The number of halogens is 3. The highest BCUT2D eigenvalue weighted by atomic mass is 32.2. The fourth-order valence-corrected chi connectivity index (χ4v) is 2.76. The number of hydrogen-bond donors (Lipinski definition) is 1. The summed E-state index contributed by atoms with van der Waals surface area (Å²) in [6.45, 7) is 0.0353. The molecule has 1 heterocycles. The molecule has 0 unspecified atom stereocenters. The van der Waals surface area contributed by atoms with E-state index in [0.717, 1.165) is 5.56 Å². The van der Waals surface area contributed by atoms with Gasteiger partial charge in [0.05, 0.1) is 10.4 Å². The molecule has 21 heavy (non-hydrogen) atoms. The summed E-state index contributed by atoms with van der Waals surface area (Å²) >= 11 is 0. The number of nitrogens with zero attached hydrogens (tertiary/aromatic N) is 1. The molecule has 0 fully saturated rings. The lowest BCUT2D eigenvalue weighted by molar-refractivity contribution is -0.181. The lowest BCUT2D eigenvalue weighted by Gasteiger charge is -2.11. The maximum Gasteiger partial charge on any atom is 0.413 e. The van der Waals surface area contributed by atoms with Crippen LogP contribution in [0.25, 0.3) is 10.9 Å². The lowest BCUT2D eigenvalue weighted by Crippen LogP contribution is -2.29. The maximum atomic E-state index is 12.0. The van der Waals surface area contributed by atoms with Crippen LogP contribution in [-0.2, 0) is 14.9 Å². The molecule has 1 aromatic heterocycles. The molecule has 0 aliphatic carbocycles. The zero-order valence-corrected chi connectivity index (χ0v) is 11.6. The Bertz CT molecular complexity index is 760. The third kappa shape index (κ3) is 3.69. The van der Waals surface area contributed by atoms with Gasteiger partial charge >= 0.3 is 6.18 Å². The van der Waals surface area contributed by atoms with Crippen molar-refractivity contribution in [1.29, 1.82) is 0 Å². The number of benzene rings is 1. The van der Waals surface area contributed by atoms with E-state index in [2.05, 4.69) is 9.82 Å². The molecule has 0 saturated carbocycles. The zero-order chi connectivity index (χ0) is 15.7. The molecule has 0 spiro atoms. The van der Waals surface area contributed by atoms with Crippen LogP contribution in [0.1, 0.15) is 5.56 Å². The van der Waals surface area contributed by atoms with E-state index in [1.54, 1.807) is 6.92 Å². The molecule has 0 atom stereocenters. The second-order valence-electron chi connectivity index (χ2n) is 4.27. The van der Waals surface area contributed by atoms with Crippen LogP contribution in [-0.4, -0.2) is 26.2 Å². The molecule has 0 amide bonds. The topological polar surface area (TPSA) is 68.3 Å². The number of sulfonamides is 1. The standard InChI is InChI=1S/C12H11F3N2O3S/c1-8-4-5-10(9-3-2-6-16-11(8)9)21(18,19)17-20-7-12(13,14)15/h2-6,17H,7H2,1H3. The first-order chi connectivity index (χ1) is 9.71. The van der Waals surface area contributed by atoms with Crippen LogP contribution >= 0.6 is 0 Å². The fraction of sp³-hybridized carbons (Fsp3) is 0.250. The Labute approximate surface area is 118 Å². The van der Waals surface area contributed by atoms with Gasteiger partial charge in [0.25, 0.3) is 10.0 Å². The molecule has 0 radical (unpaired) electrons. The highest BCUT2D eigenvalue weighted by Gasteiger charge is 2.29. The van der Waals surface area contributed by atoms with Crippen molar-refractivity contribution < 1.29 is 26.4 Å². The monoisotopic (exact) mass is 320 g/mol. The van der Waals surface area contributed by atoms with Gasteiger partial charge in [-0.2, -0.15) is 13.2 Å². The highest BCUT2D eigenvalue weighted by molar-refractivity contribution is 7.89. The molecule has 2 rings (SSSR count). The predicted octanol–water partition coefficient (Wildman–Crippen LogP) is 2.32. The van der Waals surface area contributed by atoms with Crippen molar-refractivity contribution in [3.8, 4) is 0 Å². The predicted molar refractivity (Wildman–Crippen MR) is 68.8 cm³/mol. The number of aryl methyl sites for hydroxylation is 1. The van der Waals surface area contributed by atoms with E-state index in [4.69, 9.17) is 0 Å². The summed E-state index contributed by atoms with van der Waals surface area (Å²) in [7, 11) is -4.24. The van der Waals surface area contributed by atoms with E-state index in [1.165, 1.54) is 35.3 Å². The average Bonchev–Trinajstić information content (AvgIpc) is 2.37. The van der Waals surface area contributed by atoms with Gasteiger partial charge in [-0.15, -0.1) is 0 Å². The summed E-state index contributed by atoms with van der Waals surface area (Å²) in [5.74, 6) is 0. The van der Waals surface area contributed by atoms with Gasteiger partial charge in [0.15, 0.2) is 6.61 Å². The number of nitrogens with one attached hydrogen (secondary N) is 1. The molecule has 2 aromatic rings. The van der Waals surface area contributed by atoms with Crippen molar-refractivity contribution in [1.82, 2.24) is 9.87 Å². The third-order valence-corrected chi connectivity index (χ3v) is 3.90. The summed E-state index contributed by atoms with van der Waals surface area (Å²) in [6.07, 6.45) is -3.13. The Morgan fingerprint density at radius 1 is 1.29 bits per heavy atom. The van der Waals surface area contributed by atoms with Gasteiger partial charge in [-0.25, -0.2) is 8.42 Å². The van der Waals surface area contributed by atoms with E-state index in [-0.39, 0.29) is 4.90 Å². The van der Waals surface area contributed by atoms with Crippen LogP contribution in [0.5, 0.6) is 0 Å². The molecule has 114 valence electrons. The smallest absolute Gasteiger partial charge is 0.277 e. The summed E-state index contributed by atoms with van der Waals surface area (Å²) in [4.78, 5) is 9.35. The highest BCUT2D eigenvalue weighted by Crippen LogP contribution is 2.24. The van der Waals surface area contributed by atoms with Crippen LogP contribution in [0, 0.1) is 6.92 Å². The number of rotatable bonds is 4. The molecular formula is C12H11F3N2O3S. The Morgan fingerprint density at radius 2 is 2.00 bits per heavy atom. The van der Waals surface area contributed by atoms with Crippen molar-refractivity contribution in [2.75, 3.05) is 6.61 Å². The maximum absolute atomic E-state index is 12.0. The van der Waals surface area contributed by atoms with E-state index >= 15 is 0 Å². The van der Waals surface area contributed by atoms with Crippen molar-refractivity contribution >= 4 is 20.9 Å². The van der Waals surface area contributed by atoms with Gasteiger partial charge in [-0.1, -0.05) is 11.0 Å². The van der Waals surface area contributed by atoms with Crippen molar-refractivity contribution in [3.63, 3.8) is 0 Å². The SMILES string of the molecule is Cc1ccc(S(=O)(=O)NOCC(F)(F)F)c2cccnc12. The Hall–Kier alpha value is -1.71. The average molecular weight is 320 g/mol. The van der Waals surface area contributed by atoms with E-state index in [0.29, 0.717) is 10.9 Å². The minimum absolute atomic E-state index is 0.196. The summed E-state index contributed by atoms with van der Waals surface area (Å²) in [5.41, 5.74) is 1.21. The molecule has 0 aliphatic rings. The third-order valence-electron chi connectivity index (χ3n) is 2.63. The van der Waals surface area contributed by atoms with Gasteiger partial charge in [0.2, 0.25) is 0 Å². The largest absolute Gasteiger partial charge is 0.413 e. The van der Waals surface area contributed by atoms with Gasteiger partial charge in [0, 0.05) is 11.6 Å². The van der Waals surface area contributed by atoms with Crippen molar-refractivity contribution in [2.45, 2.75) is 18.0 Å². The Kier molecular flexibility index (Phi) is 4.17. The van der Waals surface area contributed by atoms with Crippen LogP contribution in [0.2, 0.25) is 0 Å². The molecule has 5 nitrogen and oxygen atoms in total. The van der Waals surface area contributed by atoms with Gasteiger partial charge < -0.3 is 0 Å². The molecule has 0 saturated heterocycles. The Morgan fingerprint density at radius 3 is 2.67 bits per heavy atom. The van der Waals surface area contributed by atoms with Gasteiger partial charge in [-0.05, 0) is 30.7 Å². The Balaban J connectivity index is 2.35. The number of alkyl halides is 3. The summed E-state index contributed by atoms with van der Waals surface area (Å²) < 4.78 is 59.9. The second-order valence-corrected chi connectivity index (χ2v) is 5.88. The van der Waals surface area contributed by atoms with Crippen molar-refractivity contribution in [2.24, 2.45) is 0 Å². The molecule has 1 N–H and O–H groups in total. The number of hydrogen-bond acceptors (Lipinski definition) is 4. The number of pyridine rings is 1. The van der Waals surface area contributed by atoms with Crippen molar-refractivity contribution in [3.05, 3.63) is 36.0 Å². The van der Waals surface area contributed by atoms with E-state index in [9.17, 15) is 21.6 Å². The van der Waals surface area contributed by atoms with E-state index < -0.39 is 22.8 Å². The van der Waals surface area contributed by atoms with Crippen LogP contribution < -0.4 is 4.89 Å². The first-order valence-corrected chi connectivity index (χ1v) is 7.24. The van der Waals surface area contributed by atoms with Gasteiger partial charge in [0.1, 0.15) is 0 Å². The minimum atomic E-state index is -4.63. The fourth-order valence-electron chi connectivity index (χ4n) is 1.76. The molecule has 9 heteroatoms. The zero-order valence-electron chi connectivity index (χ0n) is 10.8. The molecular weight excluding hydrogens is 309 g/mol. The molecule has 0 aliphatic heterocycles. The van der Waals surface area contributed by atoms with Crippen LogP contribution in [0.3, 0.4) is 0 Å². The van der Waals surface area contributed by atoms with Gasteiger partial charge in [-0.3, -0.25) is 9.82 Å². The second kappa shape index (κ2) is 5.58. The normalized spacial score (nSPS) is 12.8. The summed E-state index contributed by atoms with van der Waals surface area (Å²) in [6, 6.07) is 5.87. The minimum Gasteiger partial charge on any atom is -0.277 e. The van der Waals surface area contributed by atoms with Crippen LogP contribution in [0.4, 0.5) is 13.2 Å². The lowest BCUT2D eigenvalue weighted by atomic mass is 10.1. The van der Waals surface area contributed by atoms with E-state index in [1.807, 2.05) is 0 Å². The summed E-state index contributed by atoms with van der Waals surface area (Å²) in [5, 5.41) is 0.306.